The highest BCUT2D eigenvalue weighted by Gasteiger charge is 2.59. The zero-order valence-corrected chi connectivity index (χ0v) is 22.9. The largest absolute Gasteiger partial charge is 0.323 e. The van der Waals surface area contributed by atoms with Crippen LogP contribution in [0.2, 0.25) is 10.0 Å². The number of nitro groups is 1. The first kappa shape index (κ1) is 25.4. The lowest BCUT2D eigenvalue weighted by molar-refractivity contribution is -0.385. The van der Waals surface area contributed by atoms with E-state index in [-0.39, 0.29) is 27.5 Å². The molecule has 38 heavy (non-hydrogen) atoms. The summed E-state index contributed by atoms with van der Waals surface area (Å²) in [5, 5.41) is 24.6. The van der Waals surface area contributed by atoms with E-state index in [1.54, 1.807) is 12.3 Å². The smallest absolute Gasteiger partial charge is 0.307 e. The third kappa shape index (κ3) is 4.39. The summed E-state index contributed by atoms with van der Waals surface area (Å²) in [5.41, 5.74) is 3.03. The van der Waals surface area contributed by atoms with Gasteiger partial charge in [0.1, 0.15) is 12.4 Å². The molecular formula is C27H30Cl2N6O3. The number of anilines is 1. The van der Waals surface area contributed by atoms with Crippen LogP contribution in [0.5, 0.6) is 0 Å². The molecule has 4 fully saturated rings. The number of amides is 1. The van der Waals surface area contributed by atoms with Crippen LogP contribution < -0.4 is 5.32 Å². The van der Waals surface area contributed by atoms with Crippen molar-refractivity contribution in [1.29, 1.82) is 0 Å². The molecule has 11 heteroatoms. The fraction of sp³-hybridized carbons (Fsp3) is 0.519. The molecule has 0 saturated heterocycles. The highest BCUT2D eigenvalue weighted by Crippen LogP contribution is 2.65. The Morgan fingerprint density at radius 3 is 2.58 bits per heavy atom. The Morgan fingerprint density at radius 1 is 1.18 bits per heavy atom. The molecule has 1 aromatic carbocycles. The second-order valence-corrected chi connectivity index (χ2v) is 12.6. The van der Waals surface area contributed by atoms with Gasteiger partial charge in [-0.3, -0.25) is 24.3 Å². The van der Waals surface area contributed by atoms with Crippen molar-refractivity contribution in [3.8, 4) is 0 Å². The molecule has 4 bridgehead atoms. The molecule has 4 saturated carbocycles. The van der Waals surface area contributed by atoms with Crippen LogP contribution in [0.3, 0.4) is 0 Å². The maximum absolute atomic E-state index is 13.5. The van der Waals surface area contributed by atoms with E-state index in [0.29, 0.717) is 34.8 Å². The molecular weight excluding hydrogens is 527 g/mol. The number of carbonyl (C=O) groups is 1. The van der Waals surface area contributed by atoms with Gasteiger partial charge in [0.25, 0.3) is 0 Å². The minimum atomic E-state index is -0.389. The number of halogens is 2. The lowest BCUT2D eigenvalue weighted by Crippen LogP contribution is -2.57. The van der Waals surface area contributed by atoms with E-state index in [1.807, 2.05) is 35.3 Å². The van der Waals surface area contributed by atoms with Crippen LogP contribution >= 0.6 is 23.2 Å². The maximum Gasteiger partial charge on any atom is 0.307 e. The van der Waals surface area contributed by atoms with Gasteiger partial charge in [-0.05, 0) is 87.3 Å². The topological polar surface area (TPSA) is 108 Å². The number of hydrogen-bond acceptors (Lipinski definition) is 5. The first-order chi connectivity index (χ1) is 18.0. The predicted octanol–water partition coefficient (Wildman–Crippen LogP) is 6.28. The summed E-state index contributed by atoms with van der Waals surface area (Å²) in [6.07, 6.45) is 9.36. The summed E-state index contributed by atoms with van der Waals surface area (Å²) in [5.74, 6) is 1.03. The number of aryl methyl sites for hydroxylation is 1. The molecule has 4 aliphatic rings. The molecule has 2 aromatic heterocycles. The average Bonchev–Trinajstić information content (AvgIpc) is 3.43. The quantitative estimate of drug-likeness (QED) is 0.272. The van der Waals surface area contributed by atoms with Gasteiger partial charge < -0.3 is 5.32 Å². The lowest BCUT2D eigenvalue weighted by Gasteiger charge is -2.61. The molecule has 9 nitrogen and oxygen atoms in total. The van der Waals surface area contributed by atoms with Gasteiger partial charge in [-0.15, -0.1) is 0 Å². The fourth-order valence-electron chi connectivity index (χ4n) is 7.91. The molecule has 2 unspecified atom stereocenters. The molecule has 1 N–H and O–H groups in total. The zero-order valence-electron chi connectivity index (χ0n) is 21.4. The van der Waals surface area contributed by atoms with Crippen molar-refractivity contribution in [2.75, 3.05) is 5.32 Å². The summed E-state index contributed by atoms with van der Waals surface area (Å²) in [6.45, 7) is 4.38. The second-order valence-electron chi connectivity index (χ2n) is 11.8. The predicted molar refractivity (Wildman–Crippen MR) is 144 cm³/mol. The van der Waals surface area contributed by atoms with Crippen LogP contribution in [-0.2, 0) is 16.9 Å². The zero-order chi connectivity index (χ0) is 26.8. The Morgan fingerprint density at radius 2 is 1.92 bits per heavy atom. The van der Waals surface area contributed by atoms with Gasteiger partial charge in [0.05, 0.1) is 44.1 Å². The standard InChI is InChI=1S/C27H30Cl2N6O3/c1-16-25(17(2)33(32-16)13-18-3-4-22(28)23(29)6-18)31-24(36)11-26-7-19-5-20(8-26)10-27(9-19,15-26)34-14-21(12-30-34)35(37)38/h3-4,6,12,14,19-20H,5,7-11,13,15H2,1-2H3,(H,31,36). The van der Waals surface area contributed by atoms with Gasteiger partial charge >= 0.3 is 5.69 Å². The molecule has 7 rings (SSSR count). The molecule has 4 aliphatic carbocycles. The van der Waals surface area contributed by atoms with Crippen LogP contribution in [0, 0.1) is 41.2 Å². The molecule has 2 atom stereocenters. The van der Waals surface area contributed by atoms with E-state index >= 15 is 0 Å². The Bertz CT molecular complexity index is 1430. The lowest BCUT2D eigenvalue weighted by atomic mass is 9.46. The summed E-state index contributed by atoms with van der Waals surface area (Å²) >= 11 is 12.2. The summed E-state index contributed by atoms with van der Waals surface area (Å²) < 4.78 is 3.71. The second kappa shape index (κ2) is 9.09. The van der Waals surface area contributed by atoms with Gasteiger partial charge in [0.2, 0.25) is 5.91 Å². The summed E-state index contributed by atoms with van der Waals surface area (Å²) in [6, 6.07) is 5.52. The third-order valence-corrected chi connectivity index (χ3v) is 9.65. The van der Waals surface area contributed by atoms with Crippen molar-refractivity contribution < 1.29 is 9.72 Å². The monoisotopic (exact) mass is 556 g/mol. The maximum atomic E-state index is 13.5. The Balaban J connectivity index is 1.20. The number of aromatic nitrogens is 4. The fourth-order valence-corrected chi connectivity index (χ4v) is 8.23. The van der Waals surface area contributed by atoms with Crippen LogP contribution in [0.15, 0.2) is 30.6 Å². The van der Waals surface area contributed by atoms with Crippen molar-refractivity contribution in [3.05, 3.63) is 67.7 Å². The molecule has 2 heterocycles. The van der Waals surface area contributed by atoms with Crippen LogP contribution in [0.25, 0.3) is 0 Å². The highest BCUT2D eigenvalue weighted by atomic mass is 35.5. The van der Waals surface area contributed by atoms with Crippen molar-refractivity contribution in [1.82, 2.24) is 19.6 Å². The first-order valence-corrected chi connectivity index (χ1v) is 13.8. The molecule has 3 aromatic rings. The summed E-state index contributed by atoms with van der Waals surface area (Å²) in [4.78, 5) is 24.4. The minimum absolute atomic E-state index is 0.00571. The number of nitrogens with one attached hydrogen (secondary N) is 1. The van der Waals surface area contributed by atoms with Crippen LogP contribution in [0.4, 0.5) is 11.4 Å². The van der Waals surface area contributed by atoms with E-state index < -0.39 is 0 Å². The number of carbonyl (C=O) groups excluding carboxylic acids is 1. The molecule has 200 valence electrons. The minimum Gasteiger partial charge on any atom is -0.323 e. The van der Waals surface area contributed by atoms with Gasteiger partial charge in [0.15, 0.2) is 0 Å². The SMILES string of the molecule is Cc1nn(Cc2ccc(Cl)c(Cl)c2)c(C)c1NC(=O)CC12CC3CC(C1)CC(n1cc([N+](=O)[O-])cn1)(C3)C2. The molecule has 0 radical (unpaired) electrons. The normalized spacial score (nSPS) is 27.6. The van der Waals surface area contributed by atoms with Gasteiger partial charge in [0, 0.05) is 6.42 Å². The highest BCUT2D eigenvalue weighted by molar-refractivity contribution is 6.42. The van der Waals surface area contributed by atoms with Gasteiger partial charge in [-0.1, -0.05) is 29.3 Å². The first-order valence-electron chi connectivity index (χ1n) is 13.0. The third-order valence-electron chi connectivity index (χ3n) is 8.91. The van der Waals surface area contributed by atoms with E-state index in [4.69, 9.17) is 23.2 Å². The van der Waals surface area contributed by atoms with E-state index in [2.05, 4.69) is 15.5 Å². The Labute approximate surface area is 230 Å². The van der Waals surface area contributed by atoms with Gasteiger partial charge in [-0.2, -0.15) is 10.2 Å². The van der Waals surface area contributed by atoms with Crippen LogP contribution in [0.1, 0.15) is 61.9 Å². The van der Waals surface area contributed by atoms with E-state index in [9.17, 15) is 14.9 Å². The van der Waals surface area contributed by atoms with Crippen molar-refractivity contribution in [2.24, 2.45) is 17.3 Å². The Kier molecular flexibility index (Phi) is 6.07. The van der Waals surface area contributed by atoms with Crippen molar-refractivity contribution in [2.45, 2.75) is 70.9 Å². The number of hydrogen-bond donors (Lipinski definition) is 1. The van der Waals surface area contributed by atoms with Gasteiger partial charge in [-0.25, -0.2) is 0 Å². The van der Waals surface area contributed by atoms with E-state index in [0.717, 1.165) is 54.7 Å². The van der Waals surface area contributed by atoms with Crippen LogP contribution in [-0.4, -0.2) is 30.4 Å². The molecule has 1 amide bonds. The number of nitrogens with zero attached hydrogens (tertiary/aromatic N) is 5. The average molecular weight is 557 g/mol. The summed E-state index contributed by atoms with van der Waals surface area (Å²) in [7, 11) is 0. The number of benzene rings is 1. The Hall–Kier alpha value is -2.91. The molecule has 0 spiro atoms. The molecule has 0 aliphatic heterocycles. The van der Waals surface area contributed by atoms with Crippen molar-refractivity contribution >= 4 is 40.5 Å². The van der Waals surface area contributed by atoms with Crippen molar-refractivity contribution in [3.63, 3.8) is 0 Å². The van der Waals surface area contributed by atoms with E-state index in [1.165, 1.54) is 12.6 Å². The number of rotatable bonds is 7.